The molecule has 0 atom stereocenters. The van der Waals surface area contributed by atoms with Crippen LogP contribution in [0.4, 0.5) is 0 Å². The van der Waals surface area contributed by atoms with Crippen molar-refractivity contribution in [1.82, 2.24) is 4.57 Å². The Morgan fingerprint density at radius 3 is 3.00 bits per heavy atom. The maximum Gasteiger partial charge on any atom is 0.309 e. The summed E-state index contributed by atoms with van der Waals surface area (Å²) in [7, 11) is 0. The number of aromatic nitrogens is 1. The molecule has 0 saturated carbocycles. The van der Waals surface area contributed by atoms with Crippen molar-refractivity contribution >= 4 is 5.97 Å². The van der Waals surface area contributed by atoms with Crippen molar-refractivity contribution in [3.05, 3.63) is 18.3 Å². The topological polar surface area (TPSA) is 31.2 Å². The molecule has 3 nitrogen and oxygen atoms in total. The molecule has 0 bridgehead atoms. The Labute approximate surface area is 72.0 Å². The molecule has 0 aromatic carbocycles. The Morgan fingerprint density at radius 2 is 2.42 bits per heavy atom. The zero-order valence-electron chi connectivity index (χ0n) is 7.41. The number of rotatable bonds is 3. The highest BCUT2D eigenvalue weighted by atomic mass is 16.5. The van der Waals surface area contributed by atoms with Crippen LogP contribution in [0.15, 0.2) is 18.3 Å². The van der Waals surface area contributed by atoms with Gasteiger partial charge in [-0.25, -0.2) is 0 Å². The van der Waals surface area contributed by atoms with Crippen molar-refractivity contribution in [2.75, 3.05) is 0 Å². The van der Waals surface area contributed by atoms with Gasteiger partial charge in [0.1, 0.15) is 0 Å². The fourth-order valence-electron chi connectivity index (χ4n) is 1.06. The number of aryl methyl sites for hydroxylation is 1. The molecule has 0 aliphatic heterocycles. The zero-order valence-corrected chi connectivity index (χ0v) is 7.41. The van der Waals surface area contributed by atoms with Crippen molar-refractivity contribution in [3.8, 4) is 5.88 Å². The number of esters is 1. The minimum Gasteiger partial charge on any atom is -0.410 e. The van der Waals surface area contributed by atoms with Crippen LogP contribution in [-0.4, -0.2) is 10.5 Å². The zero-order chi connectivity index (χ0) is 8.97. The van der Waals surface area contributed by atoms with E-state index in [0.29, 0.717) is 5.88 Å². The second-order valence-electron chi connectivity index (χ2n) is 2.63. The van der Waals surface area contributed by atoms with Crippen LogP contribution in [0.2, 0.25) is 0 Å². The summed E-state index contributed by atoms with van der Waals surface area (Å²) >= 11 is 0. The molecule has 1 aromatic rings. The minimum atomic E-state index is -0.272. The summed E-state index contributed by atoms with van der Waals surface area (Å²) in [6, 6.07) is 3.66. The molecule has 0 fully saturated rings. The van der Waals surface area contributed by atoms with Crippen LogP contribution in [0.1, 0.15) is 20.3 Å². The van der Waals surface area contributed by atoms with Crippen molar-refractivity contribution in [1.29, 1.82) is 0 Å². The Hall–Kier alpha value is -1.25. The third kappa shape index (κ3) is 2.12. The van der Waals surface area contributed by atoms with E-state index in [2.05, 4.69) is 6.92 Å². The highest BCUT2D eigenvalue weighted by Gasteiger charge is 2.02. The summed E-state index contributed by atoms with van der Waals surface area (Å²) in [5, 5.41) is 0. The molecule has 12 heavy (non-hydrogen) atoms. The van der Waals surface area contributed by atoms with Gasteiger partial charge in [-0.2, -0.15) is 0 Å². The van der Waals surface area contributed by atoms with Crippen molar-refractivity contribution in [2.24, 2.45) is 0 Å². The van der Waals surface area contributed by atoms with Crippen LogP contribution < -0.4 is 4.74 Å². The van der Waals surface area contributed by atoms with E-state index < -0.39 is 0 Å². The van der Waals surface area contributed by atoms with Crippen molar-refractivity contribution in [3.63, 3.8) is 0 Å². The first-order chi connectivity index (χ1) is 5.74. The minimum absolute atomic E-state index is 0.272. The number of carbonyl (C=O) groups excluding carboxylic acids is 1. The number of nitrogens with zero attached hydrogens (tertiary/aromatic N) is 1. The predicted octanol–water partition coefficient (Wildman–Crippen LogP) is 1.82. The van der Waals surface area contributed by atoms with Crippen molar-refractivity contribution in [2.45, 2.75) is 26.8 Å². The van der Waals surface area contributed by atoms with Crippen LogP contribution >= 0.6 is 0 Å². The molecule has 0 unspecified atom stereocenters. The number of ether oxygens (including phenoxy) is 1. The van der Waals surface area contributed by atoms with Crippen LogP contribution in [0.25, 0.3) is 0 Å². The standard InChI is InChI=1S/C9H13NO2/c1-3-6-10-7-4-5-9(10)12-8(2)11/h4-5,7H,3,6H2,1-2H3. The van der Waals surface area contributed by atoms with E-state index in [4.69, 9.17) is 4.74 Å². The number of hydrogen-bond acceptors (Lipinski definition) is 2. The number of hydrogen-bond donors (Lipinski definition) is 0. The lowest BCUT2D eigenvalue weighted by molar-refractivity contribution is -0.132. The molecule has 0 saturated heterocycles. The molecule has 3 heteroatoms. The Kier molecular flexibility index (Phi) is 2.91. The normalized spacial score (nSPS) is 9.83. The molecule has 1 aromatic heterocycles. The lowest BCUT2D eigenvalue weighted by Crippen LogP contribution is -2.06. The molecule has 0 aliphatic rings. The monoisotopic (exact) mass is 167 g/mol. The van der Waals surface area contributed by atoms with Crippen LogP contribution in [0, 0.1) is 0 Å². The van der Waals surface area contributed by atoms with Crippen molar-refractivity contribution < 1.29 is 9.53 Å². The summed E-state index contributed by atoms with van der Waals surface area (Å²) in [5.41, 5.74) is 0. The summed E-state index contributed by atoms with van der Waals surface area (Å²) in [5.74, 6) is 0.357. The highest BCUT2D eigenvalue weighted by Crippen LogP contribution is 2.12. The van der Waals surface area contributed by atoms with Crippen LogP contribution in [-0.2, 0) is 11.3 Å². The van der Waals surface area contributed by atoms with Gasteiger partial charge in [-0.1, -0.05) is 6.92 Å². The maximum atomic E-state index is 10.6. The van der Waals surface area contributed by atoms with Gasteiger partial charge in [0.15, 0.2) is 0 Å². The second kappa shape index (κ2) is 3.95. The van der Waals surface area contributed by atoms with E-state index in [9.17, 15) is 4.79 Å². The molecule has 0 N–H and O–H groups in total. The van der Waals surface area contributed by atoms with Gasteiger partial charge in [-0.15, -0.1) is 0 Å². The largest absolute Gasteiger partial charge is 0.410 e. The summed E-state index contributed by atoms with van der Waals surface area (Å²) < 4.78 is 6.88. The molecule has 0 radical (unpaired) electrons. The first kappa shape index (κ1) is 8.84. The third-order valence-electron chi connectivity index (χ3n) is 1.50. The third-order valence-corrected chi connectivity index (χ3v) is 1.50. The van der Waals surface area contributed by atoms with E-state index in [0.717, 1.165) is 13.0 Å². The molecular formula is C9H13NO2. The molecule has 0 spiro atoms. The van der Waals surface area contributed by atoms with Gasteiger partial charge in [0.05, 0.1) is 0 Å². The average Bonchev–Trinajstić information content (AvgIpc) is 2.37. The van der Waals surface area contributed by atoms with Gasteiger partial charge >= 0.3 is 5.97 Å². The smallest absolute Gasteiger partial charge is 0.309 e. The SMILES string of the molecule is CCCn1cccc1OC(C)=O. The Morgan fingerprint density at radius 1 is 1.67 bits per heavy atom. The fraction of sp³-hybridized carbons (Fsp3) is 0.444. The van der Waals surface area contributed by atoms with Gasteiger partial charge in [0.25, 0.3) is 0 Å². The molecule has 1 rings (SSSR count). The lowest BCUT2D eigenvalue weighted by Gasteiger charge is -2.05. The quantitative estimate of drug-likeness (QED) is 0.643. The first-order valence-corrected chi connectivity index (χ1v) is 4.07. The van der Waals surface area contributed by atoms with Crippen LogP contribution in [0.5, 0.6) is 5.88 Å². The Balaban J connectivity index is 2.69. The molecule has 0 aliphatic carbocycles. The summed E-state index contributed by atoms with van der Waals surface area (Å²) in [4.78, 5) is 10.6. The van der Waals surface area contributed by atoms with Gasteiger partial charge in [-0.05, 0) is 12.5 Å². The fourth-order valence-corrected chi connectivity index (χ4v) is 1.06. The van der Waals surface area contributed by atoms with Gasteiger partial charge < -0.3 is 9.30 Å². The van der Waals surface area contributed by atoms with E-state index in [1.54, 1.807) is 6.07 Å². The molecule has 66 valence electrons. The van der Waals surface area contributed by atoms with Gasteiger partial charge in [0.2, 0.25) is 5.88 Å². The van der Waals surface area contributed by atoms with E-state index in [-0.39, 0.29) is 5.97 Å². The van der Waals surface area contributed by atoms with E-state index >= 15 is 0 Å². The molecule has 1 heterocycles. The maximum absolute atomic E-state index is 10.6. The average molecular weight is 167 g/mol. The van der Waals surface area contributed by atoms with Gasteiger partial charge in [0, 0.05) is 25.7 Å². The predicted molar refractivity (Wildman–Crippen MR) is 46.0 cm³/mol. The Bertz CT molecular complexity index is 265. The summed E-state index contributed by atoms with van der Waals surface area (Å²) in [6.07, 6.45) is 2.94. The van der Waals surface area contributed by atoms with E-state index in [1.165, 1.54) is 6.92 Å². The first-order valence-electron chi connectivity index (χ1n) is 4.07. The van der Waals surface area contributed by atoms with Gasteiger partial charge in [-0.3, -0.25) is 4.79 Å². The second-order valence-corrected chi connectivity index (χ2v) is 2.63. The molecule has 0 amide bonds. The summed E-state index contributed by atoms with van der Waals surface area (Å²) in [6.45, 7) is 4.37. The van der Waals surface area contributed by atoms with E-state index in [1.807, 2.05) is 16.8 Å². The number of carbonyl (C=O) groups is 1. The highest BCUT2D eigenvalue weighted by molar-refractivity contribution is 5.68. The van der Waals surface area contributed by atoms with Crippen LogP contribution in [0.3, 0.4) is 0 Å². The molecular weight excluding hydrogens is 154 g/mol. The lowest BCUT2D eigenvalue weighted by atomic mass is 10.5.